The number of nitrogens with zero attached hydrogens (tertiary/aromatic N) is 3. The van der Waals surface area contributed by atoms with Gasteiger partial charge >= 0.3 is 0 Å². The van der Waals surface area contributed by atoms with Crippen LogP contribution in [-0.2, 0) is 20.9 Å². The number of hydrogen-bond donors (Lipinski definition) is 0. The molecular formula is C23H33N3O3. The number of benzene rings is 1. The van der Waals surface area contributed by atoms with Crippen LogP contribution in [0.1, 0.15) is 51.0 Å². The Morgan fingerprint density at radius 1 is 1.07 bits per heavy atom. The molecule has 0 N–H and O–H groups in total. The molecule has 0 spiro atoms. The number of rotatable bonds is 7. The van der Waals surface area contributed by atoms with Crippen molar-refractivity contribution in [1.82, 2.24) is 14.7 Å². The SMILES string of the molecule is CC(=O)N(CCC(=O)N1CCC(CN2CCCCC2=O)CC1)Cc1ccccc1. The minimum atomic E-state index is -0.00781. The smallest absolute Gasteiger partial charge is 0.224 e. The number of carbonyl (C=O) groups is 3. The Hall–Kier alpha value is -2.37. The lowest BCUT2D eigenvalue weighted by Crippen LogP contribution is -2.44. The van der Waals surface area contributed by atoms with Crippen molar-refractivity contribution in [2.24, 2.45) is 5.92 Å². The third-order valence-electron chi connectivity index (χ3n) is 6.12. The van der Waals surface area contributed by atoms with Crippen LogP contribution in [0.5, 0.6) is 0 Å². The average molecular weight is 400 g/mol. The van der Waals surface area contributed by atoms with E-state index in [9.17, 15) is 14.4 Å². The summed E-state index contributed by atoms with van der Waals surface area (Å²) in [6.45, 7) is 5.78. The second-order valence-corrected chi connectivity index (χ2v) is 8.30. The molecule has 0 unspecified atom stereocenters. The van der Waals surface area contributed by atoms with Crippen LogP contribution in [0.3, 0.4) is 0 Å². The monoisotopic (exact) mass is 399 g/mol. The Balaban J connectivity index is 1.41. The van der Waals surface area contributed by atoms with Gasteiger partial charge in [0, 0.05) is 59.0 Å². The number of likely N-dealkylation sites (tertiary alicyclic amines) is 2. The van der Waals surface area contributed by atoms with E-state index in [1.54, 1.807) is 11.8 Å². The van der Waals surface area contributed by atoms with Crippen LogP contribution in [0.4, 0.5) is 0 Å². The summed E-state index contributed by atoms with van der Waals surface area (Å²) in [6.07, 6.45) is 5.09. The van der Waals surface area contributed by atoms with Crippen LogP contribution in [0.15, 0.2) is 30.3 Å². The summed E-state index contributed by atoms with van der Waals surface area (Å²) in [7, 11) is 0. The molecular weight excluding hydrogens is 366 g/mol. The van der Waals surface area contributed by atoms with Crippen molar-refractivity contribution in [1.29, 1.82) is 0 Å². The minimum Gasteiger partial charge on any atom is -0.343 e. The predicted octanol–water partition coefficient (Wildman–Crippen LogP) is 2.68. The maximum Gasteiger partial charge on any atom is 0.224 e. The van der Waals surface area contributed by atoms with Gasteiger partial charge in [0.15, 0.2) is 0 Å². The van der Waals surface area contributed by atoms with Gasteiger partial charge in [-0.2, -0.15) is 0 Å². The van der Waals surface area contributed by atoms with E-state index in [1.165, 1.54) is 0 Å². The fourth-order valence-corrected chi connectivity index (χ4v) is 4.27. The van der Waals surface area contributed by atoms with Crippen LogP contribution >= 0.6 is 0 Å². The summed E-state index contributed by atoms with van der Waals surface area (Å²) in [5.74, 6) is 0.897. The Kier molecular flexibility index (Phi) is 7.67. The second kappa shape index (κ2) is 10.4. The molecule has 2 heterocycles. The fraction of sp³-hybridized carbons (Fsp3) is 0.609. The Labute approximate surface area is 173 Å². The lowest BCUT2D eigenvalue weighted by molar-refractivity contribution is -0.137. The van der Waals surface area contributed by atoms with E-state index in [1.807, 2.05) is 40.1 Å². The summed E-state index contributed by atoms with van der Waals surface area (Å²) in [5, 5.41) is 0. The Morgan fingerprint density at radius 3 is 2.45 bits per heavy atom. The van der Waals surface area contributed by atoms with Crippen molar-refractivity contribution in [2.45, 2.75) is 52.0 Å². The van der Waals surface area contributed by atoms with E-state index in [2.05, 4.69) is 0 Å². The molecule has 1 aromatic carbocycles. The molecule has 2 aliphatic rings. The average Bonchev–Trinajstić information content (AvgIpc) is 2.73. The highest BCUT2D eigenvalue weighted by Gasteiger charge is 2.27. The highest BCUT2D eigenvalue weighted by atomic mass is 16.2. The zero-order chi connectivity index (χ0) is 20.6. The van der Waals surface area contributed by atoms with Gasteiger partial charge in [0.2, 0.25) is 17.7 Å². The molecule has 2 fully saturated rings. The molecule has 158 valence electrons. The van der Waals surface area contributed by atoms with E-state index in [0.717, 1.165) is 57.4 Å². The van der Waals surface area contributed by atoms with Crippen molar-refractivity contribution in [3.63, 3.8) is 0 Å². The topological polar surface area (TPSA) is 60.9 Å². The van der Waals surface area contributed by atoms with Crippen molar-refractivity contribution in [3.05, 3.63) is 35.9 Å². The first-order chi connectivity index (χ1) is 14.0. The molecule has 3 rings (SSSR count). The van der Waals surface area contributed by atoms with E-state index >= 15 is 0 Å². The van der Waals surface area contributed by atoms with Gasteiger partial charge in [0.1, 0.15) is 0 Å². The fourth-order valence-electron chi connectivity index (χ4n) is 4.27. The summed E-state index contributed by atoms with van der Waals surface area (Å²) >= 11 is 0. The third kappa shape index (κ3) is 6.31. The molecule has 2 saturated heterocycles. The Bertz CT molecular complexity index is 699. The molecule has 0 aromatic heterocycles. The molecule has 0 aliphatic carbocycles. The standard InChI is InChI=1S/C23H33N3O3/c1-19(27)25(17-20-7-3-2-4-8-20)16-12-23(29)24-14-10-21(11-15-24)18-26-13-6-5-9-22(26)28/h2-4,7-8,21H,5-6,9-18H2,1H3. The number of hydrogen-bond acceptors (Lipinski definition) is 3. The van der Waals surface area contributed by atoms with Gasteiger partial charge in [0.25, 0.3) is 0 Å². The number of piperidine rings is 2. The quantitative estimate of drug-likeness (QED) is 0.708. The molecule has 6 nitrogen and oxygen atoms in total. The zero-order valence-electron chi connectivity index (χ0n) is 17.5. The van der Waals surface area contributed by atoms with E-state index in [4.69, 9.17) is 0 Å². The molecule has 0 atom stereocenters. The maximum atomic E-state index is 12.6. The maximum absolute atomic E-state index is 12.6. The van der Waals surface area contributed by atoms with Crippen molar-refractivity contribution < 1.29 is 14.4 Å². The first-order valence-corrected chi connectivity index (χ1v) is 10.9. The molecule has 1 aromatic rings. The van der Waals surface area contributed by atoms with Crippen LogP contribution in [0.2, 0.25) is 0 Å². The number of amides is 3. The van der Waals surface area contributed by atoms with Gasteiger partial charge in [-0.15, -0.1) is 0 Å². The molecule has 0 saturated carbocycles. The van der Waals surface area contributed by atoms with Crippen LogP contribution in [0.25, 0.3) is 0 Å². The van der Waals surface area contributed by atoms with E-state index in [0.29, 0.717) is 31.8 Å². The van der Waals surface area contributed by atoms with E-state index in [-0.39, 0.29) is 17.7 Å². The lowest BCUT2D eigenvalue weighted by Gasteiger charge is -2.36. The molecule has 0 radical (unpaired) electrons. The summed E-state index contributed by atoms with van der Waals surface area (Å²) in [6, 6.07) is 9.86. The van der Waals surface area contributed by atoms with Crippen LogP contribution in [-0.4, -0.2) is 65.1 Å². The number of carbonyl (C=O) groups excluding carboxylic acids is 3. The van der Waals surface area contributed by atoms with Crippen LogP contribution < -0.4 is 0 Å². The summed E-state index contributed by atoms with van der Waals surface area (Å²) in [5.41, 5.74) is 1.07. The largest absolute Gasteiger partial charge is 0.343 e. The van der Waals surface area contributed by atoms with Crippen molar-refractivity contribution in [3.8, 4) is 0 Å². The summed E-state index contributed by atoms with van der Waals surface area (Å²) < 4.78 is 0. The van der Waals surface area contributed by atoms with Gasteiger partial charge in [-0.1, -0.05) is 30.3 Å². The van der Waals surface area contributed by atoms with Crippen molar-refractivity contribution >= 4 is 17.7 Å². The first-order valence-electron chi connectivity index (χ1n) is 10.9. The molecule has 6 heteroatoms. The zero-order valence-corrected chi connectivity index (χ0v) is 17.5. The normalized spacial score (nSPS) is 18.0. The third-order valence-corrected chi connectivity index (χ3v) is 6.12. The van der Waals surface area contributed by atoms with Gasteiger partial charge in [-0.05, 0) is 37.2 Å². The second-order valence-electron chi connectivity index (χ2n) is 8.30. The lowest BCUT2D eigenvalue weighted by atomic mass is 9.95. The van der Waals surface area contributed by atoms with Crippen molar-refractivity contribution in [2.75, 3.05) is 32.7 Å². The highest BCUT2D eigenvalue weighted by molar-refractivity contribution is 5.78. The first kappa shape index (κ1) is 21.3. The molecule has 29 heavy (non-hydrogen) atoms. The highest BCUT2D eigenvalue weighted by Crippen LogP contribution is 2.21. The minimum absolute atomic E-state index is 0.00781. The van der Waals surface area contributed by atoms with Gasteiger partial charge < -0.3 is 14.7 Å². The molecule has 0 bridgehead atoms. The van der Waals surface area contributed by atoms with Crippen LogP contribution in [0, 0.1) is 5.92 Å². The van der Waals surface area contributed by atoms with Gasteiger partial charge in [0.05, 0.1) is 0 Å². The Morgan fingerprint density at radius 2 is 1.79 bits per heavy atom. The predicted molar refractivity (Wildman–Crippen MR) is 112 cm³/mol. The molecule has 3 amide bonds. The summed E-state index contributed by atoms with van der Waals surface area (Å²) in [4.78, 5) is 42.3. The molecule has 2 aliphatic heterocycles. The van der Waals surface area contributed by atoms with Gasteiger partial charge in [-0.25, -0.2) is 0 Å². The van der Waals surface area contributed by atoms with Gasteiger partial charge in [-0.3, -0.25) is 14.4 Å². The van der Waals surface area contributed by atoms with E-state index < -0.39 is 0 Å².